The van der Waals surface area contributed by atoms with Gasteiger partial charge in [0.25, 0.3) is 0 Å². The molecule has 1 fully saturated rings. The quantitative estimate of drug-likeness (QED) is 0.776. The number of nitrogens with two attached hydrogens (primary N) is 1. The molecule has 1 saturated heterocycles. The molecule has 3 rings (SSSR count). The highest BCUT2D eigenvalue weighted by molar-refractivity contribution is 5.90. The molecule has 0 saturated carbocycles. The van der Waals surface area contributed by atoms with Crippen molar-refractivity contribution < 1.29 is 0 Å². The summed E-state index contributed by atoms with van der Waals surface area (Å²) in [7, 11) is 2.02. The van der Waals surface area contributed by atoms with Crippen molar-refractivity contribution in [2.45, 2.75) is 12.5 Å². The third-order valence-electron chi connectivity index (χ3n) is 3.31. The molecule has 0 bridgehead atoms. The van der Waals surface area contributed by atoms with E-state index in [-0.39, 0.29) is 0 Å². The van der Waals surface area contributed by atoms with Crippen LogP contribution in [0.4, 0.5) is 5.69 Å². The molecule has 2 aromatic rings. The van der Waals surface area contributed by atoms with Gasteiger partial charge in [-0.15, -0.1) is 0 Å². The first-order chi connectivity index (χ1) is 7.75. The van der Waals surface area contributed by atoms with Gasteiger partial charge in [-0.1, -0.05) is 0 Å². The molecule has 16 heavy (non-hydrogen) atoms. The van der Waals surface area contributed by atoms with E-state index in [1.807, 2.05) is 13.2 Å². The summed E-state index contributed by atoms with van der Waals surface area (Å²) in [6, 6.07) is 4.52. The number of hydrogen-bond donors (Lipinski definition) is 1. The summed E-state index contributed by atoms with van der Waals surface area (Å²) in [6.45, 7) is 2.00. The van der Waals surface area contributed by atoms with Crippen molar-refractivity contribution in [2.24, 2.45) is 12.8 Å². The Hall–Kier alpha value is -1.55. The molecule has 84 valence electrons. The zero-order valence-corrected chi connectivity index (χ0v) is 9.43. The van der Waals surface area contributed by atoms with Gasteiger partial charge in [-0.3, -0.25) is 0 Å². The van der Waals surface area contributed by atoms with Gasteiger partial charge in [-0.25, -0.2) is 4.98 Å². The van der Waals surface area contributed by atoms with Crippen molar-refractivity contribution >= 4 is 16.7 Å². The molecule has 3 heterocycles. The third-order valence-corrected chi connectivity index (χ3v) is 3.31. The van der Waals surface area contributed by atoms with E-state index in [1.165, 1.54) is 11.1 Å². The van der Waals surface area contributed by atoms with Crippen molar-refractivity contribution in [2.75, 3.05) is 18.0 Å². The molecule has 2 aromatic heterocycles. The number of aryl methyl sites for hydroxylation is 1. The lowest BCUT2D eigenvalue weighted by Crippen LogP contribution is -2.26. The highest BCUT2D eigenvalue weighted by atomic mass is 15.2. The Bertz CT molecular complexity index is 517. The fourth-order valence-corrected chi connectivity index (χ4v) is 2.43. The zero-order valence-electron chi connectivity index (χ0n) is 9.43. The summed E-state index contributed by atoms with van der Waals surface area (Å²) in [4.78, 5) is 6.75. The molecule has 2 N–H and O–H groups in total. The molecule has 0 aliphatic carbocycles. The molecule has 0 spiro atoms. The minimum absolute atomic E-state index is 0.312. The molecule has 4 heteroatoms. The largest absolute Gasteiger partial charge is 0.369 e. The summed E-state index contributed by atoms with van der Waals surface area (Å²) in [5.74, 6) is 0. The SMILES string of the molecule is Cn1ccc2c(N3CCC(N)C3)ccnc21. The molecule has 4 nitrogen and oxygen atoms in total. The predicted molar refractivity (Wildman–Crippen MR) is 65.5 cm³/mol. The van der Waals surface area contributed by atoms with Gasteiger partial charge in [0.2, 0.25) is 0 Å². The Morgan fingerprint density at radius 2 is 2.31 bits per heavy atom. The van der Waals surface area contributed by atoms with E-state index in [1.54, 1.807) is 0 Å². The van der Waals surface area contributed by atoms with Crippen molar-refractivity contribution in [1.82, 2.24) is 9.55 Å². The minimum Gasteiger partial charge on any atom is -0.369 e. The van der Waals surface area contributed by atoms with Gasteiger partial charge in [0, 0.05) is 49.6 Å². The maximum absolute atomic E-state index is 5.95. The predicted octanol–water partition coefficient (Wildman–Crippen LogP) is 1.11. The maximum atomic E-state index is 5.95. The van der Waals surface area contributed by atoms with Crippen LogP contribution in [0.3, 0.4) is 0 Å². The number of pyridine rings is 1. The van der Waals surface area contributed by atoms with Gasteiger partial charge in [-0.05, 0) is 18.6 Å². The Morgan fingerprint density at radius 1 is 1.44 bits per heavy atom. The van der Waals surface area contributed by atoms with E-state index in [9.17, 15) is 0 Å². The Balaban J connectivity index is 2.09. The molecule has 1 aliphatic rings. The molecule has 1 unspecified atom stereocenters. The van der Waals surface area contributed by atoms with Gasteiger partial charge in [0.1, 0.15) is 5.65 Å². The van der Waals surface area contributed by atoms with Crippen LogP contribution >= 0.6 is 0 Å². The second kappa shape index (κ2) is 3.49. The van der Waals surface area contributed by atoms with Crippen LogP contribution in [0.15, 0.2) is 24.5 Å². The number of rotatable bonds is 1. The lowest BCUT2D eigenvalue weighted by atomic mass is 10.2. The first-order valence-electron chi connectivity index (χ1n) is 5.66. The van der Waals surface area contributed by atoms with Crippen molar-refractivity contribution in [3.63, 3.8) is 0 Å². The number of fused-ring (bicyclic) bond motifs is 1. The lowest BCUT2D eigenvalue weighted by molar-refractivity contribution is 0.752. The van der Waals surface area contributed by atoms with Crippen LogP contribution in [0.5, 0.6) is 0 Å². The third kappa shape index (κ3) is 1.38. The van der Waals surface area contributed by atoms with Gasteiger partial charge in [0.05, 0.1) is 0 Å². The van der Waals surface area contributed by atoms with Gasteiger partial charge in [-0.2, -0.15) is 0 Å². The lowest BCUT2D eigenvalue weighted by Gasteiger charge is -2.18. The van der Waals surface area contributed by atoms with E-state index in [0.717, 1.165) is 25.2 Å². The zero-order chi connectivity index (χ0) is 11.1. The molecule has 1 atom stereocenters. The minimum atomic E-state index is 0.312. The molecular weight excluding hydrogens is 200 g/mol. The highest BCUT2D eigenvalue weighted by Crippen LogP contribution is 2.28. The smallest absolute Gasteiger partial charge is 0.141 e. The number of hydrogen-bond acceptors (Lipinski definition) is 3. The van der Waals surface area contributed by atoms with Gasteiger partial charge in [0.15, 0.2) is 0 Å². The van der Waals surface area contributed by atoms with E-state index < -0.39 is 0 Å². The molecule has 0 aromatic carbocycles. The Kier molecular flexibility index (Phi) is 2.11. The summed E-state index contributed by atoms with van der Waals surface area (Å²) in [5, 5.41) is 1.22. The monoisotopic (exact) mass is 216 g/mol. The summed E-state index contributed by atoms with van der Waals surface area (Å²) in [5.41, 5.74) is 8.25. The van der Waals surface area contributed by atoms with Gasteiger partial charge >= 0.3 is 0 Å². The van der Waals surface area contributed by atoms with E-state index in [0.29, 0.717) is 6.04 Å². The van der Waals surface area contributed by atoms with Crippen LogP contribution in [0.25, 0.3) is 11.0 Å². The van der Waals surface area contributed by atoms with Crippen LogP contribution < -0.4 is 10.6 Å². The summed E-state index contributed by atoms with van der Waals surface area (Å²) < 4.78 is 2.05. The topological polar surface area (TPSA) is 47.1 Å². The van der Waals surface area contributed by atoms with Crippen LogP contribution in [0.1, 0.15) is 6.42 Å². The normalized spacial score (nSPS) is 20.9. The van der Waals surface area contributed by atoms with Crippen LogP contribution in [-0.2, 0) is 7.05 Å². The maximum Gasteiger partial charge on any atom is 0.141 e. The number of anilines is 1. The standard InChI is InChI=1S/C12H16N4/c1-15-6-4-10-11(2-5-14-12(10)15)16-7-3-9(13)8-16/h2,4-6,9H,3,7-8,13H2,1H3. The highest BCUT2D eigenvalue weighted by Gasteiger charge is 2.21. The first kappa shape index (κ1) is 9.66. The molecule has 1 aliphatic heterocycles. The van der Waals surface area contributed by atoms with Crippen LogP contribution in [0, 0.1) is 0 Å². The fraction of sp³-hybridized carbons (Fsp3) is 0.417. The summed E-state index contributed by atoms with van der Waals surface area (Å²) in [6.07, 6.45) is 5.01. The average Bonchev–Trinajstić information content (AvgIpc) is 2.86. The van der Waals surface area contributed by atoms with Crippen LogP contribution in [0.2, 0.25) is 0 Å². The van der Waals surface area contributed by atoms with Crippen molar-refractivity contribution in [3.8, 4) is 0 Å². The van der Waals surface area contributed by atoms with Gasteiger partial charge < -0.3 is 15.2 Å². The molecule has 0 radical (unpaired) electrons. The van der Waals surface area contributed by atoms with E-state index in [4.69, 9.17) is 5.73 Å². The second-order valence-corrected chi connectivity index (χ2v) is 4.49. The van der Waals surface area contributed by atoms with Crippen LogP contribution in [-0.4, -0.2) is 28.7 Å². The summed E-state index contributed by atoms with van der Waals surface area (Å²) >= 11 is 0. The van der Waals surface area contributed by atoms with Crippen molar-refractivity contribution in [1.29, 1.82) is 0 Å². The van der Waals surface area contributed by atoms with E-state index >= 15 is 0 Å². The van der Waals surface area contributed by atoms with E-state index in [2.05, 4.69) is 32.8 Å². The second-order valence-electron chi connectivity index (χ2n) is 4.49. The Morgan fingerprint density at radius 3 is 3.06 bits per heavy atom. The first-order valence-corrected chi connectivity index (χ1v) is 5.66. The molecule has 0 amide bonds. The number of aromatic nitrogens is 2. The molecular formula is C12H16N4. The number of nitrogens with zero attached hydrogens (tertiary/aromatic N) is 3. The average molecular weight is 216 g/mol. The Labute approximate surface area is 94.7 Å². The van der Waals surface area contributed by atoms with Crippen molar-refractivity contribution in [3.05, 3.63) is 24.5 Å². The fourth-order valence-electron chi connectivity index (χ4n) is 2.43.